The molecule has 1 aromatic carbocycles. The fraction of sp³-hybridized carbons (Fsp3) is 0.333. The van der Waals surface area contributed by atoms with E-state index in [-0.39, 0.29) is 57.3 Å². The molecule has 4 aromatic rings. The van der Waals surface area contributed by atoms with Crippen LogP contribution >= 0.6 is 0 Å². The Morgan fingerprint density at radius 3 is 2.10 bits per heavy atom. The third kappa shape index (κ3) is 4.64. The second-order valence-electron chi connectivity index (χ2n) is 9.47. The first-order valence-corrected chi connectivity index (χ1v) is 15.0. The first-order valence-electron chi connectivity index (χ1n) is 11.9. The van der Waals surface area contributed by atoms with Crippen molar-refractivity contribution in [2.75, 3.05) is 5.75 Å². The summed E-state index contributed by atoms with van der Waals surface area (Å²) in [5.74, 6) is -0.513. The number of hydrogen-bond acceptors (Lipinski definition) is 8. The van der Waals surface area contributed by atoms with Crippen LogP contribution in [0, 0.1) is 0 Å². The zero-order valence-electron chi connectivity index (χ0n) is 21.1. The van der Waals surface area contributed by atoms with Crippen LogP contribution in [0.2, 0.25) is 0 Å². The van der Waals surface area contributed by atoms with Gasteiger partial charge in [-0.3, -0.25) is 4.98 Å². The van der Waals surface area contributed by atoms with Gasteiger partial charge in [-0.25, -0.2) is 21.8 Å². The number of benzene rings is 1. The van der Waals surface area contributed by atoms with Gasteiger partial charge >= 0.3 is 11.7 Å². The fourth-order valence-electron chi connectivity index (χ4n) is 4.44. The predicted molar refractivity (Wildman–Crippen MR) is 133 cm³/mol. The Bertz CT molecular complexity index is 1900. The number of nitrogens with zero attached hydrogens (tertiary/aromatic N) is 5. The van der Waals surface area contributed by atoms with E-state index in [9.17, 15) is 43.2 Å². The summed E-state index contributed by atoms with van der Waals surface area (Å²) < 4.78 is 130. The Morgan fingerprint density at radius 1 is 0.927 bits per heavy atom. The number of aromatic nitrogens is 5. The van der Waals surface area contributed by atoms with E-state index in [1.54, 1.807) is 0 Å². The lowest BCUT2D eigenvalue weighted by Crippen LogP contribution is -2.28. The van der Waals surface area contributed by atoms with E-state index < -0.39 is 41.8 Å². The van der Waals surface area contributed by atoms with Gasteiger partial charge in [0.2, 0.25) is 0 Å². The lowest BCUT2D eigenvalue weighted by molar-refractivity contribution is -0.160. The molecule has 0 unspecified atom stereocenters. The molecule has 0 bridgehead atoms. The minimum Gasteiger partial charge on any atom is -0.309 e. The monoisotopic (exact) mass is 619 g/mol. The van der Waals surface area contributed by atoms with Crippen LogP contribution in [-0.4, -0.2) is 59.0 Å². The van der Waals surface area contributed by atoms with Gasteiger partial charge in [0.15, 0.2) is 26.3 Å². The number of halogens is 6. The Balaban J connectivity index is 1.61. The molecular formula is C24H19F6N5O4S2. The van der Waals surface area contributed by atoms with Crippen molar-refractivity contribution >= 4 is 30.8 Å². The molecule has 3 aromatic heterocycles. The zero-order valence-corrected chi connectivity index (χ0v) is 22.7. The molecule has 0 saturated heterocycles. The molecule has 17 heteroatoms. The van der Waals surface area contributed by atoms with Gasteiger partial charge in [-0.05, 0) is 30.0 Å². The highest BCUT2D eigenvalue weighted by Gasteiger charge is 2.64. The molecule has 9 nitrogen and oxygen atoms in total. The summed E-state index contributed by atoms with van der Waals surface area (Å²) in [6.45, 7) is 1.38. The van der Waals surface area contributed by atoms with Crippen LogP contribution in [0.4, 0.5) is 26.3 Å². The lowest BCUT2D eigenvalue weighted by Gasteiger charge is -2.20. The maximum absolute atomic E-state index is 13.5. The van der Waals surface area contributed by atoms with Crippen molar-refractivity contribution in [3.63, 3.8) is 0 Å². The Hall–Kier alpha value is -3.60. The summed E-state index contributed by atoms with van der Waals surface area (Å²) in [5.41, 5.74) is -7.36. The van der Waals surface area contributed by atoms with E-state index >= 15 is 0 Å². The van der Waals surface area contributed by atoms with Gasteiger partial charge in [-0.15, -0.1) is 10.2 Å². The normalized spacial score (nSPS) is 15.8. The largest absolute Gasteiger partial charge is 0.503 e. The van der Waals surface area contributed by atoms with Gasteiger partial charge in [0, 0.05) is 24.9 Å². The van der Waals surface area contributed by atoms with Crippen molar-refractivity contribution in [1.82, 2.24) is 24.7 Å². The SMILES string of the molecule is CCS(=O)(=O)c1cc(-c2ccc(C3(C(F)(F)F)CC3)cc2)cnc1-c1nc2cc(S(=O)(=O)C(F)(F)F)nnc2n1C. The van der Waals surface area contributed by atoms with Crippen LogP contribution in [0.25, 0.3) is 33.8 Å². The Kier molecular flexibility index (Phi) is 6.49. The molecule has 1 aliphatic carbocycles. The molecule has 0 amide bonds. The number of aryl methyl sites for hydroxylation is 1. The highest BCUT2D eigenvalue weighted by atomic mass is 32.2. The van der Waals surface area contributed by atoms with Crippen LogP contribution < -0.4 is 0 Å². The molecule has 0 atom stereocenters. The van der Waals surface area contributed by atoms with E-state index in [4.69, 9.17) is 0 Å². The van der Waals surface area contributed by atoms with Gasteiger partial charge in [-0.2, -0.15) is 26.3 Å². The number of alkyl halides is 6. The van der Waals surface area contributed by atoms with Crippen molar-refractivity contribution in [1.29, 1.82) is 0 Å². The fourth-order valence-corrected chi connectivity index (χ4v) is 6.14. The zero-order chi connectivity index (χ0) is 30.2. The Labute approximate surface area is 229 Å². The van der Waals surface area contributed by atoms with Crippen LogP contribution in [-0.2, 0) is 32.1 Å². The topological polar surface area (TPSA) is 125 Å². The van der Waals surface area contributed by atoms with E-state index in [0.29, 0.717) is 11.6 Å². The summed E-state index contributed by atoms with van der Waals surface area (Å²) in [5, 5.41) is 5.34. The van der Waals surface area contributed by atoms with E-state index in [0.717, 1.165) is 0 Å². The van der Waals surface area contributed by atoms with E-state index in [1.165, 1.54) is 55.1 Å². The molecule has 1 aliphatic rings. The molecule has 0 N–H and O–H groups in total. The third-order valence-electron chi connectivity index (χ3n) is 7.02. The quantitative estimate of drug-likeness (QED) is 0.283. The van der Waals surface area contributed by atoms with E-state index in [2.05, 4.69) is 20.2 Å². The first kappa shape index (κ1) is 28.9. The van der Waals surface area contributed by atoms with Gasteiger partial charge in [0.25, 0.3) is 9.84 Å². The number of rotatable bonds is 6. The minimum absolute atomic E-state index is 0.0169. The standard InChI is InChI=1S/C24H19F6N5O4S2/c1-3-40(36,37)17-10-14(13-4-6-15(7-5-13)22(8-9-22)23(25,26)27)12-31-19(17)21-32-16-11-18(33-34-20(16)35(21)2)41(38,39)24(28,29)30/h4-7,10-12H,3,8-9H2,1-2H3. The molecule has 41 heavy (non-hydrogen) atoms. The van der Waals surface area contributed by atoms with Gasteiger partial charge in [0.05, 0.1) is 16.1 Å². The maximum atomic E-state index is 13.5. The molecule has 218 valence electrons. The van der Waals surface area contributed by atoms with Crippen molar-refractivity contribution < 1.29 is 43.2 Å². The van der Waals surface area contributed by atoms with Crippen molar-refractivity contribution in [3.05, 3.63) is 48.2 Å². The highest BCUT2D eigenvalue weighted by Crippen LogP contribution is 2.59. The molecule has 0 spiro atoms. The second-order valence-corrected chi connectivity index (χ2v) is 13.6. The molecule has 0 radical (unpaired) electrons. The molecule has 1 fully saturated rings. The molecular weight excluding hydrogens is 600 g/mol. The van der Waals surface area contributed by atoms with Crippen molar-refractivity contribution in [3.8, 4) is 22.6 Å². The number of fused-ring (bicyclic) bond motifs is 1. The first-order chi connectivity index (χ1) is 18.9. The number of hydrogen-bond donors (Lipinski definition) is 0. The van der Waals surface area contributed by atoms with Crippen molar-refractivity contribution in [2.24, 2.45) is 7.05 Å². The van der Waals surface area contributed by atoms with Crippen LogP contribution in [0.15, 0.2) is 52.5 Å². The van der Waals surface area contributed by atoms with Crippen LogP contribution in [0.1, 0.15) is 25.3 Å². The molecule has 3 heterocycles. The average molecular weight is 620 g/mol. The summed E-state index contributed by atoms with van der Waals surface area (Å²) >= 11 is 0. The smallest absolute Gasteiger partial charge is 0.309 e. The summed E-state index contributed by atoms with van der Waals surface area (Å²) in [6.07, 6.45) is -3.15. The highest BCUT2D eigenvalue weighted by molar-refractivity contribution is 7.92. The summed E-state index contributed by atoms with van der Waals surface area (Å²) in [7, 11) is -8.46. The summed E-state index contributed by atoms with van der Waals surface area (Å²) in [4.78, 5) is 8.05. The molecule has 5 rings (SSSR count). The van der Waals surface area contributed by atoms with Crippen LogP contribution in [0.5, 0.6) is 0 Å². The van der Waals surface area contributed by atoms with Crippen LogP contribution in [0.3, 0.4) is 0 Å². The second kappa shape index (κ2) is 9.20. The number of pyridine rings is 1. The minimum atomic E-state index is -5.82. The van der Waals surface area contributed by atoms with Gasteiger partial charge in [-0.1, -0.05) is 31.2 Å². The molecule has 0 aliphatic heterocycles. The lowest BCUT2D eigenvalue weighted by atomic mass is 9.93. The number of imidazole rings is 1. The Morgan fingerprint density at radius 2 is 1.56 bits per heavy atom. The van der Waals surface area contributed by atoms with Gasteiger partial charge in [0.1, 0.15) is 11.2 Å². The molecule has 1 saturated carbocycles. The third-order valence-corrected chi connectivity index (χ3v) is 10.1. The maximum Gasteiger partial charge on any atom is 0.503 e. The van der Waals surface area contributed by atoms with E-state index in [1.807, 2.05) is 0 Å². The predicted octanol–water partition coefficient (Wildman–Crippen LogP) is 4.77. The van der Waals surface area contributed by atoms with Crippen molar-refractivity contribution in [2.45, 2.75) is 46.8 Å². The average Bonchev–Trinajstić information content (AvgIpc) is 3.67. The number of sulfone groups is 2. The van der Waals surface area contributed by atoms with Gasteiger partial charge < -0.3 is 4.57 Å². The summed E-state index contributed by atoms with van der Waals surface area (Å²) in [6, 6.07) is 7.41.